The lowest BCUT2D eigenvalue weighted by Crippen LogP contribution is -2.24. The van der Waals surface area contributed by atoms with E-state index in [1.807, 2.05) is 0 Å². The summed E-state index contributed by atoms with van der Waals surface area (Å²) in [6.45, 7) is 1.95. The Morgan fingerprint density at radius 2 is 2.14 bits per heavy atom. The number of nitrogens with zero attached hydrogens (tertiary/aromatic N) is 5. The molecule has 0 aliphatic carbocycles. The van der Waals surface area contributed by atoms with Crippen LogP contribution in [0.3, 0.4) is 0 Å². The summed E-state index contributed by atoms with van der Waals surface area (Å²) in [4.78, 5) is 22.6. The Kier molecular flexibility index (Phi) is 6.01. The van der Waals surface area contributed by atoms with E-state index in [9.17, 15) is 14.9 Å². The van der Waals surface area contributed by atoms with Gasteiger partial charge in [0, 0.05) is 16.2 Å². The van der Waals surface area contributed by atoms with Crippen molar-refractivity contribution in [2.75, 3.05) is 5.32 Å². The maximum absolute atomic E-state index is 12.5. The Labute approximate surface area is 177 Å². The second-order valence-electron chi connectivity index (χ2n) is 5.86. The van der Waals surface area contributed by atoms with Crippen LogP contribution >= 0.6 is 39.1 Å². The van der Waals surface area contributed by atoms with Gasteiger partial charge in [0.15, 0.2) is 5.82 Å². The minimum Gasteiger partial charge on any atom is -0.306 e. The molecule has 0 bridgehead atoms. The molecule has 0 fully saturated rings. The van der Waals surface area contributed by atoms with Crippen LogP contribution in [0.2, 0.25) is 10.0 Å². The van der Waals surface area contributed by atoms with Crippen LogP contribution in [0.1, 0.15) is 18.5 Å². The first-order valence-corrected chi connectivity index (χ1v) is 9.46. The summed E-state index contributed by atoms with van der Waals surface area (Å²) in [5.74, 6) is -0.114. The molecule has 0 aliphatic heterocycles. The fraction of sp³-hybridized carbons (Fsp3) is 0.188. The van der Waals surface area contributed by atoms with Crippen LogP contribution in [-0.4, -0.2) is 30.4 Å². The van der Waals surface area contributed by atoms with Gasteiger partial charge in [-0.15, -0.1) is 0 Å². The molecular formula is C16H13BrCl2N6O3. The SMILES string of the molecule is CC(C(=O)Nc1nn(Cc2ccc(Cl)cc2Cl)cc1Br)n1cc([N+](=O)[O-])cn1. The van der Waals surface area contributed by atoms with Crippen molar-refractivity contribution in [1.82, 2.24) is 19.6 Å². The first-order valence-electron chi connectivity index (χ1n) is 7.91. The highest BCUT2D eigenvalue weighted by Crippen LogP contribution is 2.25. The maximum Gasteiger partial charge on any atom is 0.307 e. The number of aromatic nitrogens is 4. The molecule has 1 atom stereocenters. The fourth-order valence-electron chi connectivity index (χ4n) is 2.36. The number of nitrogens with one attached hydrogen (secondary N) is 1. The first-order chi connectivity index (χ1) is 13.2. The van der Waals surface area contributed by atoms with E-state index in [1.165, 1.54) is 10.9 Å². The normalized spacial score (nSPS) is 12.0. The molecule has 2 heterocycles. The Morgan fingerprint density at radius 3 is 2.79 bits per heavy atom. The van der Waals surface area contributed by atoms with Crippen LogP contribution in [0.25, 0.3) is 0 Å². The largest absolute Gasteiger partial charge is 0.307 e. The molecule has 3 aromatic rings. The number of hydrogen-bond acceptors (Lipinski definition) is 5. The molecule has 28 heavy (non-hydrogen) atoms. The lowest BCUT2D eigenvalue weighted by molar-refractivity contribution is -0.385. The van der Waals surface area contributed by atoms with Crippen molar-refractivity contribution in [3.8, 4) is 0 Å². The number of amides is 1. The predicted octanol–water partition coefficient (Wildman–Crippen LogP) is 4.31. The minimum absolute atomic E-state index is 0.190. The minimum atomic E-state index is -0.767. The summed E-state index contributed by atoms with van der Waals surface area (Å²) in [6, 6.07) is 4.40. The van der Waals surface area contributed by atoms with Gasteiger partial charge in [-0.05, 0) is 40.5 Å². The van der Waals surface area contributed by atoms with Crippen LogP contribution in [0.5, 0.6) is 0 Å². The van der Waals surface area contributed by atoms with Gasteiger partial charge in [0.2, 0.25) is 5.91 Å². The monoisotopic (exact) mass is 486 g/mol. The van der Waals surface area contributed by atoms with Gasteiger partial charge in [-0.25, -0.2) is 0 Å². The number of anilines is 1. The van der Waals surface area contributed by atoms with Gasteiger partial charge in [-0.2, -0.15) is 10.2 Å². The zero-order valence-electron chi connectivity index (χ0n) is 14.3. The molecule has 1 aromatic carbocycles. The van der Waals surface area contributed by atoms with Crippen molar-refractivity contribution < 1.29 is 9.72 Å². The highest BCUT2D eigenvalue weighted by molar-refractivity contribution is 9.10. The summed E-state index contributed by atoms with van der Waals surface area (Å²) < 4.78 is 3.40. The maximum atomic E-state index is 12.5. The van der Waals surface area contributed by atoms with E-state index >= 15 is 0 Å². The molecule has 12 heteroatoms. The van der Waals surface area contributed by atoms with Gasteiger partial charge < -0.3 is 5.32 Å². The third-order valence-corrected chi connectivity index (χ3v) is 5.05. The topological polar surface area (TPSA) is 108 Å². The zero-order chi connectivity index (χ0) is 20.4. The standard InChI is InChI=1S/C16H13BrCl2N6O3/c1-9(24-7-12(5-20-24)25(27)28)16(26)21-15-13(17)8-23(22-15)6-10-2-3-11(18)4-14(10)19/h2-5,7-9H,6H2,1H3,(H,21,22,26). The summed E-state index contributed by atoms with van der Waals surface area (Å²) in [7, 11) is 0. The number of benzene rings is 1. The molecule has 9 nitrogen and oxygen atoms in total. The molecule has 3 rings (SSSR count). The van der Waals surface area contributed by atoms with E-state index in [4.69, 9.17) is 23.2 Å². The fourth-order valence-corrected chi connectivity index (χ4v) is 3.25. The van der Waals surface area contributed by atoms with E-state index < -0.39 is 16.9 Å². The lowest BCUT2D eigenvalue weighted by Gasteiger charge is -2.11. The molecule has 0 saturated carbocycles. The van der Waals surface area contributed by atoms with Gasteiger partial charge >= 0.3 is 5.69 Å². The Balaban J connectivity index is 1.71. The number of carbonyl (C=O) groups is 1. The number of hydrogen-bond donors (Lipinski definition) is 1. The van der Waals surface area contributed by atoms with Gasteiger partial charge in [0.25, 0.3) is 0 Å². The summed E-state index contributed by atoms with van der Waals surface area (Å²) >= 11 is 15.4. The summed E-state index contributed by atoms with van der Waals surface area (Å²) in [5, 5.41) is 22.7. The van der Waals surface area contributed by atoms with Crippen molar-refractivity contribution in [3.05, 3.63) is 67.0 Å². The van der Waals surface area contributed by atoms with Crippen LogP contribution in [-0.2, 0) is 11.3 Å². The van der Waals surface area contributed by atoms with Crippen molar-refractivity contribution in [3.63, 3.8) is 0 Å². The van der Waals surface area contributed by atoms with E-state index in [2.05, 4.69) is 31.4 Å². The number of rotatable bonds is 6. The molecule has 2 aromatic heterocycles. The predicted molar refractivity (Wildman–Crippen MR) is 108 cm³/mol. The number of nitro groups is 1. The second kappa shape index (κ2) is 8.29. The molecule has 0 radical (unpaired) electrons. The quantitative estimate of drug-likeness (QED) is 0.411. The third kappa shape index (κ3) is 4.51. The highest BCUT2D eigenvalue weighted by atomic mass is 79.9. The zero-order valence-corrected chi connectivity index (χ0v) is 17.4. The van der Waals surface area contributed by atoms with Gasteiger partial charge in [0.1, 0.15) is 18.4 Å². The smallest absolute Gasteiger partial charge is 0.306 e. The first kappa shape index (κ1) is 20.3. The third-order valence-electron chi connectivity index (χ3n) is 3.88. The van der Waals surface area contributed by atoms with E-state index in [0.717, 1.165) is 11.8 Å². The summed E-state index contributed by atoms with van der Waals surface area (Å²) in [6.07, 6.45) is 3.98. The average Bonchev–Trinajstić information content (AvgIpc) is 3.24. The molecule has 0 aliphatic rings. The Morgan fingerprint density at radius 1 is 1.39 bits per heavy atom. The van der Waals surface area contributed by atoms with Crippen LogP contribution in [0, 0.1) is 10.1 Å². The molecule has 146 valence electrons. The Hall–Kier alpha value is -2.43. The second-order valence-corrected chi connectivity index (χ2v) is 7.56. The average molecular weight is 488 g/mol. The van der Waals surface area contributed by atoms with Crippen molar-refractivity contribution >= 4 is 56.5 Å². The number of halogens is 3. The van der Waals surface area contributed by atoms with Crippen molar-refractivity contribution in [2.45, 2.75) is 19.5 Å². The van der Waals surface area contributed by atoms with Crippen LogP contribution in [0.15, 0.2) is 41.3 Å². The van der Waals surface area contributed by atoms with E-state index in [-0.39, 0.29) is 5.69 Å². The lowest BCUT2D eigenvalue weighted by atomic mass is 10.2. The number of carbonyl (C=O) groups excluding carboxylic acids is 1. The molecule has 1 N–H and O–H groups in total. The summed E-state index contributed by atoms with van der Waals surface area (Å²) in [5.41, 5.74) is 0.626. The molecule has 1 amide bonds. The van der Waals surface area contributed by atoms with Gasteiger partial charge in [-0.1, -0.05) is 29.3 Å². The molecule has 0 saturated heterocycles. The van der Waals surface area contributed by atoms with Crippen LogP contribution < -0.4 is 5.32 Å². The van der Waals surface area contributed by atoms with Gasteiger partial charge in [-0.3, -0.25) is 24.3 Å². The molecule has 1 unspecified atom stereocenters. The van der Waals surface area contributed by atoms with E-state index in [1.54, 1.807) is 36.0 Å². The van der Waals surface area contributed by atoms with Crippen molar-refractivity contribution in [1.29, 1.82) is 0 Å². The van der Waals surface area contributed by atoms with E-state index in [0.29, 0.717) is 26.9 Å². The van der Waals surface area contributed by atoms with Crippen molar-refractivity contribution in [2.24, 2.45) is 0 Å². The van der Waals surface area contributed by atoms with Crippen LogP contribution in [0.4, 0.5) is 11.5 Å². The molecular weight excluding hydrogens is 475 g/mol. The highest BCUT2D eigenvalue weighted by Gasteiger charge is 2.21. The Bertz CT molecular complexity index is 1050. The molecule has 0 spiro atoms. The van der Waals surface area contributed by atoms with Gasteiger partial charge in [0.05, 0.1) is 15.9 Å².